The van der Waals surface area contributed by atoms with Gasteiger partial charge < -0.3 is 23.9 Å². The van der Waals surface area contributed by atoms with E-state index in [1.807, 2.05) is 71.4 Å². The summed E-state index contributed by atoms with van der Waals surface area (Å²) in [7, 11) is 3.30. The standard InChI is InChI=1S/C33H36N6O5/c1-21(2)31(32-35-36-37-39(32)19-23-7-11-27(42-4)12-8-23)38(18-22-5-9-26(41-3)10-6-22)20-25-15-24-16-29-30(44-14-13-43-29)17-28(24)34-33(25)40/h5-12,15-17,21,31H,13-14,18-20H2,1-4H3,(H,34,40). The van der Waals surface area contributed by atoms with Crippen LogP contribution in [0.25, 0.3) is 10.9 Å². The van der Waals surface area contributed by atoms with Gasteiger partial charge in [0.2, 0.25) is 0 Å². The van der Waals surface area contributed by atoms with Crippen molar-refractivity contribution >= 4 is 10.9 Å². The molecule has 11 nitrogen and oxygen atoms in total. The molecule has 3 heterocycles. The molecule has 0 saturated carbocycles. The van der Waals surface area contributed by atoms with Crippen LogP contribution in [0.5, 0.6) is 23.0 Å². The van der Waals surface area contributed by atoms with E-state index < -0.39 is 0 Å². The minimum Gasteiger partial charge on any atom is -0.497 e. The van der Waals surface area contributed by atoms with E-state index in [0.29, 0.717) is 55.4 Å². The van der Waals surface area contributed by atoms with Crippen LogP contribution in [0.3, 0.4) is 0 Å². The molecule has 0 amide bonds. The summed E-state index contributed by atoms with van der Waals surface area (Å²) in [5, 5.41) is 13.8. The number of H-pyrrole nitrogens is 1. The average Bonchev–Trinajstić information content (AvgIpc) is 3.48. The molecule has 5 aromatic rings. The second-order valence-corrected chi connectivity index (χ2v) is 11.2. The first-order chi connectivity index (χ1) is 21.4. The van der Waals surface area contributed by atoms with Crippen molar-refractivity contribution in [2.45, 2.75) is 39.5 Å². The Bertz CT molecular complexity index is 1780. The highest BCUT2D eigenvalue weighted by molar-refractivity contribution is 5.83. The maximum Gasteiger partial charge on any atom is 0.252 e. The largest absolute Gasteiger partial charge is 0.497 e. The Hall–Kier alpha value is -4.90. The molecule has 3 aromatic carbocycles. The van der Waals surface area contributed by atoms with Crippen molar-refractivity contribution in [2.24, 2.45) is 5.92 Å². The van der Waals surface area contributed by atoms with Gasteiger partial charge in [-0.2, -0.15) is 0 Å². The number of hydrogen-bond donors (Lipinski definition) is 1. The van der Waals surface area contributed by atoms with E-state index in [4.69, 9.17) is 18.9 Å². The molecule has 0 radical (unpaired) electrons. The molecule has 0 aliphatic carbocycles. The molecule has 1 unspecified atom stereocenters. The fourth-order valence-corrected chi connectivity index (χ4v) is 5.67. The number of pyridine rings is 1. The number of nitrogens with zero attached hydrogens (tertiary/aromatic N) is 5. The van der Waals surface area contributed by atoms with E-state index in [1.165, 1.54) is 0 Å². The molecule has 1 N–H and O–H groups in total. The quantitative estimate of drug-likeness (QED) is 0.231. The first-order valence-electron chi connectivity index (χ1n) is 14.6. The summed E-state index contributed by atoms with van der Waals surface area (Å²) in [4.78, 5) is 18.8. The Morgan fingerprint density at radius 3 is 2.16 bits per heavy atom. The maximum atomic E-state index is 13.5. The SMILES string of the molecule is COc1ccc(CN(Cc2cc3cc4c(cc3[nH]c2=O)OCCO4)C(c2nnnn2Cc2ccc(OC)cc2)C(C)C)cc1. The van der Waals surface area contributed by atoms with Crippen LogP contribution in [-0.4, -0.2) is 57.5 Å². The van der Waals surface area contributed by atoms with Gasteiger partial charge in [-0.25, -0.2) is 4.68 Å². The van der Waals surface area contributed by atoms with Gasteiger partial charge in [-0.15, -0.1) is 5.10 Å². The van der Waals surface area contributed by atoms with Crippen LogP contribution in [0, 0.1) is 5.92 Å². The first kappa shape index (κ1) is 29.2. The van der Waals surface area contributed by atoms with Crippen molar-refractivity contribution in [2.75, 3.05) is 27.4 Å². The van der Waals surface area contributed by atoms with Crippen LogP contribution in [0.1, 0.15) is 42.4 Å². The Balaban J connectivity index is 1.37. The summed E-state index contributed by atoms with van der Waals surface area (Å²) in [6.45, 7) is 6.68. The number of aromatic nitrogens is 5. The molecule has 11 heteroatoms. The third-order valence-corrected chi connectivity index (χ3v) is 7.84. The molecule has 0 saturated heterocycles. The van der Waals surface area contributed by atoms with Gasteiger partial charge >= 0.3 is 0 Å². The Morgan fingerprint density at radius 1 is 0.886 bits per heavy atom. The topological polar surface area (TPSA) is 117 Å². The van der Waals surface area contributed by atoms with Crippen LogP contribution in [0.2, 0.25) is 0 Å². The summed E-state index contributed by atoms with van der Waals surface area (Å²) < 4.78 is 24.1. The van der Waals surface area contributed by atoms with Crippen LogP contribution < -0.4 is 24.5 Å². The lowest BCUT2D eigenvalue weighted by Gasteiger charge is -2.33. The van der Waals surface area contributed by atoms with E-state index in [0.717, 1.165) is 33.8 Å². The molecule has 44 heavy (non-hydrogen) atoms. The molecule has 1 aliphatic heterocycles. The maximum absolute atomic E-state index is 13.5. The second kappa shape index (κ2) is 12.8. The molecule has 6 rings (SSSR count). The van der Waals surface area contributed by atoms with Crippen LogP contribution in [0.15, 0.2) is 71.5 Å². The number of benzene rings is 3. The zero-order valence-electron chi connectivity index (χ0n) is 25.3. The fraction of sp³-hybridized carbons (Fsp3) is 0.333. The van der Waals surface area contributed by atoms with Crippen molar-refractivity contribution in [3.05, 3.63) is 99.6 Å². The highest BCUT2D eigenvalue weighted by Crippen LogP contribution is 2.35. The van der Waals surface area contributed by atoms with Gasteiger partial charge in [0.15, 0.2) is 17.3 Å². The number of ether oxygens (including phenoxy) is 4. The van der Waals surface area contributed by atoms with Crippen LogP contribution in [-0.2, 0) is 19.6 Å². The van der Waals surface area contributed by atoms with Crippen molar-refractivity contribution < 1.29 is 18.9 Å². The molecule has 1 atom stereocenters. The Kier molecular flexibility index (Phi) is 8.47. The number of aromatic amines is 1. The molecule has 0 bridgehead atoms. The minimum absolute atomic E-state index is 0.117. The third kappa shape index (κ3) is 6.23. The summed E-state index contributed by atoms with van der Waals surface area (Å²) in [6.07, 6.45) is 0. The van der Waals surface area contributed by atoms with Crippen molar-refractivity contribution in [1.29, 1.82) is 0 Å². The zero-order chi connectivity index (χ0) is 30.6. The summed E-state index contributed by atoms with van der Waals surface area (Å²) in [6, 6.07) is 21.3. The molecular formula is C33H36N6O5. The van der Waals surface area contributed by atoms with E-state index in [9.17, 15) is 4.79 Å². The molecular weight excluding hydrogens is 560 g/mol. The lowest BCUT2D eigenvalue weighted by Crippen LogP contribution is -2.35. The predicted molar refractivity (Wildman–Crippen MR) is 165 cm³/mol. The van der Waals surface area contributed by atoms with E-state index in [1.54, 1.807) is 14.2 Å². The molecule has 1 aliphatic rings. The average molecular weight is 597 g/mol. The highest BCUT2D eigenvalue weighted by Gasteiger charge is 2.30. The second-order valence-electron chi connectivity index (χ2n) is 11.2. The van der Waals surface area contributed by atoms with Crippen molar-refractivity contribution in [1.82, 2.24) is 30.1 Å². The molecule has 0 spiro atoms. The van der Waals surface area contributed by atoms with Gasteiger partial charge in [0.25, 0.3) is 5.56 Å². The van der Waals surface area contributed by atoms with Crippen molar-refractivity contribution in [3.8, 4) is 23.0 Å². The minimum atomic E-state index is -0.208. The van der Waals surface area contributed by atoms with E-state index in [2.05, 4.69) is 39.3 Å². The fourth-order valence-electron chi connectivity index (χ4n) is 5.67. The van der Waals surface area contributed by atoms with Gasteiger partial charge in [-0.1, -0.05) is 38.1 Å². The van der Waals surface area contributed by atoms with Gasteiger partial charge in [0, 0.05) is 30.1 Å². The van der Waals surface area contributed by atoms with Gasteiger partial charge in [-0.05, 0) is 63.9 Å². The van der Waals surface area contributed by atoms with E-state index in [-0.39, 0.29) is 17.5 Å². The molecule has 2 aromatic heterocycles. The van der Waals surface area contributed by atoms with Gasteiger partial charge in [0.1, 0.15) is 24.7 Å². The lowest BCUT2D eigenvalue weighted by atomic mass is 9.99. The predicted octanol–water partition coefficient (Wildman–Crippen LogP) is 4.75. The molecule has 228 valence electrons. The third-order valence-electron chi connectivity index (χ3n) is 7.84. The Labute approximate surface area is 255 Å². The summed E-state index contributed by atoms with van der Waals surface area (Å²) >= 11 is 0. The summed E-state index contributed by atoms with van der Waals surface area (Å²) in [5.74, 6) is 3.72. The molecule has 0 fully saturated rings. The normalized spacial score (nSPS) is 13.4. The monoisotopic (exact) mass is 596 g/mol. The zero-order valence-corrected chi connectivity index (χ0v) is 25.3. The van der Waals surface area contributed by atoms with E-state index >= 15 is 0 Å². The highest BCUT2D eigenvalue weighted by atomic mass is 16.6. The number of hydrogen-bond acceptors (Lipinski definition) is 9. The number of rotatable bonds is 11. The van der Waals surface area contributed by atoms with Crippen LogP contribution >= 0.6 is 0 Å². The van der Waals surface area contributed by atoms with Gasteiger partial charge in [-0.3, -0.25) is 9.69 Å². The van der Waals surface area contributed by atoms with Crippen LogP contribution in [0.4, 0.5) is 0 Å². The lowest BCUT2D eigenvalue weighted by molar-refractivity contribution is 0.126. The Morgan fingerprint density at radius 2 is 1.52 bits per heavy atom. The van der Waals surface area contributed by atoms with Crippen molar-refractivity contribution in [3.63, 3.8) is 0 Å². The summed E-state index contributed by atoms with van der Waals surface area (Å²) in [5.41, 5.74) is 3.29. The number of nitrogens with one attached hydrogen (secondary N) is 1. The van der Waals surface area contributed by atoms with Gasteiger partial charge in [0.05, 0.1) is 32.3 Å². The first-order valence-corrected chi connectivity index (χ1v) is 14.6. The number of tetrazole rings is 1. The number of fused-ring (bicyclic) bond motifs is 2. The number of methoxy groups -OCH3 is 2. The smallest absolute Gasteiger partial charge is 0.252 e.